The fourth-order valence-electron chi connectivity index (χ4n) is 1.35. The van der Waals surface area contributed by atoms with Crippen molar-refractivity contribution in [1.82, 2.24) is 5.32 Å². The fraction of sp³-hybridized carbons (Fsp3) is 0.818. The molecule has 0 aliphatic heterocycles. The van der Waals surface area contributed by atoms with E-state index >= 15 is 0 Å². The Morgan fingerprint density at radius 2 is 1.94 bits per heavy atom. The Morgan fingerprint density at radius 3 is 2.44 bits per heavy atom. The average Bonchev–Trinajstić information content (AvgIpc) is 2.22. The topological polar surface area (TPSA) is 75.6 Å². The lowest BCUT2D eigenvalue weighted by Gasteiger charge is -2.13. The molecule has 0 aromatic heterocycles. The highest BCUT2D eigenvalue weighted by atomic mass is 16.5. The largest absolute Gasteiger partial charge is 0.480 e. The summed E-state index contributed by atoms with van der Waals surface area (Å²) in [6.45, 7) is 4.01. The second-order valence-corrected chi connectivity index (χ2v) is 3.60. The van der Waals surface area contributed by atoms with Crippen molar-refractivity contribution in [2.75, 3.05) is 6.61 Å². The molecule has 0 bridgehead atoms. The van der Waals surface area contributed by atoms with Crippen LogP contribution in [-0.4, -0.2) is 29.8 Å². The fourth-order valence-corrected chi connectivity index (χ4v) is 1.35. The first kappa shape index (κ1) is 14.7. The number of ether oxygens (including phenoxy) is 1. The summed E-state index contributed by atoms with van der Waals surface area (Å²) in [5.74, 6) is -1.01. The predicted octanol–water partition coefficient (Wildman–Crippen LogP) is 2.16. The summed E-state index contributed by atoms with van der Waals surface area (Å²) in [5.41, 5.74) is 0. The van der Waals surface area contributed by atoms with Gasteiger partial charge in [-0.2, -0.15) is 0 Å². The highest BCUT2D eigenvalue weighted by molar-refractivity contribution is 5.79. The molecule has 0 rings (SSSR count). The third-order valence-electron chi connectivity index (χ3n) is 2.21. The van der Waals surface area contributed by atoms with Crippen molar-refractivity contribution < 1.29 is 19.4 Å². The quantitative estimate of drug-likeness (QED) is 0.628. The normalized spacial score (nSPS) is 11.9. The zero-order chi connectivity index (χ0) is 12.4. The number of carbonyl (C=O) groups is 2. The third kappa shape index (κ3) is 7.09. The van der Waals surface area contributed by atoms with Gasteiger partial charge in [0.05, 0.1) is 6.61 Å². The van der Waals surface area contributed by atoms with Gasteiger partial charge < -0.3 is 15.2 Å². The zero-order valence-corrected chi connectivity index (χ0v) is 9.99. The average molecular weight is 231 g/mol. The Kier molecular flexibility index (Phi) is 8.29. The molecule has 0 aromatic carbocycles. The monoisotopic (exact) mass is 231 g/mol. The van der Waals surface area contributed by atoms with Gasteiger partial charge in [0.15, 0.2) is 0 Å². The minimum absolute atomic E-state index is 0.244. The van der Waals surface area contributed by atoms with E-state index in [1.165, 1.54) is 0 Å². The minimum atomic E-state index is -1.01. The lowest BCUT2D eigenvalue weighted by atomic mass is 10.1. The van der Waals surface area contributed by atoms with Crippen molar-refractivity contribution >= 4 is 12.1 Å². The van der Waals surface area contributed by atoms with Crippen LogP contribution in [0, 0.1) is 0 Å². The molecular weight excluding hydrogens is 210 g/mol. The van der Waals surface area contributed by atoms with Crippen molar-refractivity contribution in [2.45, 2.75) is 52.0 Å². The molecule has 1 atom stereocenters. The Labute approximate surface area is 96.2 Å². The molecule has 2 N–H and O–H groups in total. The van der Waals surface area contributed by atoms with Crippen LogP contribution < -0.4 is 5.32 Å². The van der Waals surface area contributed by atoms with E-state index in [0.717, 1.165) is 25.7 Å². The van der Waals surface area contributed by atoms with Gasteiger partial charge in [-0.3, -0.25) is 0 Å². The molecule has 0 aliphatic rings. The summed E-state index contributed by atoms with van der Waals surface area (Å²) >= 11 is 0. The van der Waals surface area contributed by atoms with Crippen molar-refractivity contribution in [3.63, 3.8) is 0 Å². The van der Waals surface area contributed by atoms with E-state index in [4.69, 9.17) is 5.11 Å². The Hall–Kier alpha value is -1.26. The van der Waals surface area contributed by atoms with Crippen LogP contribution >= 0.6 is 0 Å². The zero-order valence-electron chi connectivity index (χ0n) is 9.99. The van der Waals surface area contributed by atoms with Crippen molar-refractivity contribution in [1.29, 1.82) is 0 Å². The second kappa shape index (κ2) is 9.00. The van der Waals surface area contributed by atoms with Gasteiger partial charge in [0, 0.05) is 0 Å². The molecular formula is C11H21NO4. The summed E-state index contributed by atoms with van der Waals surface area (Å²) < 4.78 is 4.64. The highest BCUT2D eigenvalue weighted by Gasteiger charge is 2.19. The summed E-state index contributed by atoms with van der Waals surface area (Å²) in [6, 6.07) is -0.837. The number of carboxylic acids is 1. The van der Waals surface area contributed by atoms with Gasteiger partial charge in [-0.15, -0.1) is 0 Å². The molecule has 0 fully saturated rings. The Bertz CT molecular complexity index is 218. The van der Waals surface area contributed by atoms with Crippen LogP contribution in [0.4, 0.5) is 4.79 Å². The van der Waals surface area contributed by atoms with Gasteiger partial charge in [-0.05, 0) is 13.3 Å². The lowest BCUT2D eigenvalue weighted by molar-refractivity contribution is -0.139. The maximum Gasteiger partial charge on any atom is 0.407 e. The van der Waals surface area contributed by atoms with Crippen molar-refractivity contribution in [3.8, 4) is 0 Å². The van der Waals surface area contributed by atoms with E-state index in [0.29, 0.717) is 6.42 Å². The first-order valence-corrected chi connectivity index (χ1v) is 5.77. The van der Waals surface area contributed by atoms with Crippen LogP contribution in [0.1, 0.15) is 46.0 Å². The molecule has 0 spiro atoms. The molecule has 5 nitrogen and oxygen atoms in total. The Morgan fingerprint density at radius 1 is 1.25 bits per heavy atom. The van der Waals surface area contributed by atoms with Crippen molar-refractivity contribution in [2.24, 2.45) is 0 Å². The second-order valence-electron chi connectivity index (χ2n) is 3.60. The van der Waals surface area contributed by atoms with Gasteiger partial charge in [-0.1, -0.05) is 32.6 Å². The van der Waals surface area contributed by atoms with Crippen LogP contribution in [0.5, 0.6) is 0 Å². The summed E-state index contributed by atoms with van der Waals surface area (Å²) in [5, 5.41) is 11.2. The van der Waals surface area contributed by atoms with E-state index in [-0.39, 0.29) is 6.61 Å². The predicted molar refractivity (Wildman–Crippen MR) is 60.3 cm³/mol. The summed E-state index contributed by atoms with van der Waals surface area (Å²) in [4.78, 5) is 21.9. The number of hydrogen-bond donors (Lipinski definition) is 2. The molecule has 94 valence electrons. The first-order valence-electron chi connectivity index (χ1n) is 5.77. The van der Waals surface area contributed by atoms with E-state index in [2.05, 4.69) is 17.0 Å². The molecule has 0 saturated heterocycles. The van der Waals surface area contributed by atoms with E-state index in [9.17, 15) is 9.59 Å². The van der Waals surface area contributed by atoms with E-state index in [1.54, 1.807) is 6.92 Å². The summed E-state index contributed by atoms with van der Waals surface area (Å²) in [6.07, 6.45) is 3.77. The van der Waals surface area contributed by atoms with Crippen LogP contribution in [0.2, 0.25) is 0 Å². The minimum Gasteiger partial charge on any atom is -0.480 e. The first-order chi connectivity index (χ1) is 7.61. The number of hydrogen-bond acceptors (Lipinski definition) is 3. The lowest BCUT2D eigenvalue weighted by Crippen LogP contribution is -2.41. The summed E-state index contributed by atoms with van der Waals surface area (Å²) in [7, 11) is 0. The number of unbranched alkanes of at least 4 members (excludes halogenated alkanes) is 3. The molecule has 0 aromatic rings. The molecule has 0 saturated carbocycles. The molecule has 0 radical (unpaired) electrons. The standard InChI is InChI=1S/C11H21NO4/c1-3-5-6-7-8-9(10(13)14)12-11(15)16-4-2/h9H,3-8H2,1-2H3,(H,12,15)(H,13,14). The van der Waals surface area contributed by atoms with Crippen LogP contribution in [0.15, 0.2) is 0 Å². The highest BCUT2D eigenvalue weighted by Crippen LogP contribution is 2.06. The number of aliphatic carboxylic acids is 1. The smallest absolute Gasteiger partial charge is 0.407 e. The van der Waals surface area contributed by atoms with Gasteiger partial charge in [0.2, 0.25) is 0 Å². The third-order valence-corrected chi connectivity index (χ3v) is 2.21. The Balaban J connectivity index is 3.88. The number of alkyl carbamates (subject to hydrolysis) is 1. The van der Waals surface area contributed by atoms with Crippen LogP contribution in [-0.2, 0) is 9.53 Å². The number of carboxylic acid groups (broad SMARTS) is 1. The molecule has 5 heteroatoms. The maximum atomic E-state index is 11.1. The molecule has 0 aliphatic carbocycles. The van der Waals surface area contributed by atoms with Crippen LogP contribution in [0.3, 0.4) is 0 Å². The van der Waals surface area contributed by atoms with E-state index < -0.39 is 18.1 Å². The molecule has 1 amide bonds. The number of nitrogens with one attached hydrogen (secondary N) is 1. The number of rotatable bonds is 8. The van der Waals surface area contributed by atoms with Gasteiger partial charge in [-0.25, -0.2) is 9.59 Å². The van der Waals surface area contributed by atoms with Crippen LogP contribution in [0.25, 0.3) is 0 Å². The van der Waals surface area contributed by atoms with Gasteiger partial charge >= 0.3 is 12.1 Å². The SMILES string of the molecule is CCCCCCC(NC(=O)OCC)C(=O)O. The van der Waals surface area contributed by atoms with E-state index in [1.807, 2.05) is 0 Å². The maximum absolute atomic E-state index is 11.1. The molecule has 0 heterocycles. The van der Waals surface area contributed by atoms with Gasteiger partial charge in [0.1, 0.15) is 6.04 Å². The number of carbonyl (C=O) groups excluding carboxylic acids is 1. The molecule has 1 unspecified atom stereocenters. The molecule has 16 heavy (non-hydrogen) atoms. The van der Waals surface area contributed by atoms with Gasteiger partial charge in [0.25, 0.3) is 0 Å². The van der Waals surface area contributed by atoms with Crippen molar-refractivity contribution in [3.05, 3.63) is 0 Å². The number of amides is 1.